The highest BCUT2D eigenvalue weighted by atomic mass is 16.6. The van der Waals surface area contributed by atoms with Crippen molar-refractivity contribution in [3.8, 4) is 29.0 Å². The number of primary amides is 1. The molecule has 1 saturated heterocycles. The lowest BCUT2D eigenvalue weighted by atomic mass is 10.0. The molecule has 16 nitrogen and oxygen atoms in total. The van der Waals surface area contributed by atoms with Crippen LogP contribution in [0.15, 0.2) is 103 Å². The van der Waals surface area contributed by atoms with Gasteiger partial charge in [-0.15, -0.1) is 0 Å². The fourth-order valence-corrected chi connectivity index (χ4v) is 9.86. The highest BCUT2D eigenvalue weighted by Crippen LogP contribution is 2.34. The van der Waals surface area contributed by atoms with Crippen LogP contribution < -0.4 is 15.8 Å². The van der Waals surface area contributed by atoms with Crippen molar-refractivity contribution in [1.82, 2.24) is 34.6 Å². The Bertz CT molecular complexity index is 3260. The largest absolute Gasteiger partial charge is 0.493 e. The summed E-state index contributed by atoms with van der Waals surface area (Å²) < 4.78 is 11.4. The van der Waals surface area contributed by atoms with Crippen LogP contribution in [0.5, 0.6) is 5.75 Å². The van der Waals surface area contributed by atoms with Crippen molar-refractivity contribution in [1.29, 1.82) is 0 Å². The molecule has 16 heteroatoms. The highest BCUT2D eigenvalue weighted by molar-refractivity contribution is 6.24. The molecule has 4 aromatic carbocycles. The van der Waals surface area contributed by atoms with Crippen LogP contribution in [0.3, 0.4) is 0 Å². The molecule has 0 bridgehead atoms. The van der Waals surface area contributed by atoms with Gasteiger partial charge in [0.15, 0.2) is 5.82 Å². The van der Waals surface area contributed by atoms with Crippen LogP contribution in [-0.2, 0) is 27.3 Å². The van der Waals surface area contributed by atoms with Gasteiger partial charge >= 0.3 is 5.97 Å². The van der Waals surface area contributed by atoms with E-state index in [2.05, 4.69) is 56.2 Å². The number of unbranched alkanes of at least 4 members (excludes halogenated alkanes) is 2. The second-order valence-corrected chi connectivity index (χ2v) is 20.6. The Morgan fingerprint density at radius 3 is 2.29 bits per heavy atom. The van der Waals surface area contributed by atoms with Gasteiger partial charge in [0.25, 0.3) is 17.7 Å². The molecule has 2 aromatic heterocycles. The average Bonchev–Trinajstić information content (AvgIpc) is 3.78. The van der Waals surface area contributed by atoms with Crippen molar-refractivity contribution in [2.75, 3.05) is 64.8 Å². The van der Waals surface area contributed by atoms with E-state index < -0.39 is 35.3 Å². The number of esters is 1. The number of ether oxygens (including phenoxy) is 2. The number of fused-ring (bicyclic) bond motifs is 3. The van der Waals surface area contributed by atoms with Crippen LogP contribution in [0, 0.1) is 11.8 Å². The van der Waals surface area contributed by atoms with E-state index in [-0.39, 0.29) is 35.6 Å². The number of hydrogen-bond donors (Lipinski definition) is 2. The van der Waals surface area contributed by atoms with Gasteiger partial charge in [-0.3, -0.25) is 38.8 Å². The van der Waals surface area contributed by atoms with E-state index in [0.29, 0.717) is 44.0 Å². The molecule has 1 fully saturated rings. The first-order valence-electron chi connectivity index (χ1n) is 26.4. The summed E-state index contributed by atoms with van der Waals surface area (Å²) in [5.41, 5.74) is 12.4. The van der Waals surface area contributed by atoms with Crippen molar-refractivity contribution >= 4 is 58.5 Å². The minimum atomic E-state index is -1.30. The maximum absolute atomic E-state index is 13.8. The fraction of sp³-hybridized carbons (Fsp3) is 0.344. The standard InChI is InChI=1S/C61H65N9O7/c1-61(2,3)77-53(71)28-27-51(55(62)72)70-59(74)48-14-10-16-52(54(48)60(70)75)76-37-9-5-8-30-67-33-35-68(36-34-67)31-11-12-41-17-19-42(20-18-41)21-22-43-23-25-44(26-24-43)58(73)69-32-29-47-50(40-69)65-56(66-57(47)63-4)46-38-45-13-6-7-15-49(45)64-39-46/h6-7,10,13-26,38-39,51H,5,8-9,27-37,40H2,1-4H3,(H2,62,72)(H,63,65,66)/b22-21+. The monoisotopic (exact) mass is 1040 g/mol. The number of nitrogens with two attached hydrogens (primary N) is 1. The van der Waals surface area contributed by atoms with E-state index in [4.69, 9.17) is 25.2 Å². The summed E-state index contributed by atoms with van der Waals surface area (Å²) in [6.45, 7) is 12.0. The summed E-state index contributed by atoms with van der Waals surface area (Å²) in [6, 6.07) is 29.5. The molecule has 3 N–H and O–H groups in total. The topological polar surface area (TPSA) is 193 Å². The number of pyridine rings is 1. The molecule has 396 valence electrons. The van der Waals surface area contributed by atoms with Crippen LogP contribution in [-0.4, -0.2) is 135 Å². The minimum Gasteiger partial charge on any atom is -0.493 e. The lowest BCUT2D eigenvalue weighted by Crippen LogP contribution is -2.48. The molecule has 1 atom stereocenters. The number of rotatable bonds is 18. The third-order valence-corrected chi connectivity index (χ3v) is 13.9. The average molecular weight is 1040 g/mol. The first-order chi connectivity index (χ1) is 37.2. The third kappa shape index (κ3) is 13.2. The Morgan fingerprint density at radius 1 is 0.831 bits per heavy atom. The Morgan fingerprint density at radius 2 is 1.56 bits per heavy atom. The van der Waals surface area contributed by atoms with Crippen molar-refractivity contribution in [3.63, 3.8) is 0 Å². The molecule has 3 aliphatic heterocycles. The number of amides is 4. The zero-order chi connectivity index (χ0) is 54.1. The van der Waals surface area contributed by atoms with Gasteiger partial charge < -0.3 is 30.3 Å². The van der Waals surface area contributed by atoms with Crippen LogP contribution in [0.1, 0.15) is 112 Å². The number of anilines is 1. The number of nitrogens with zero attached hydrogens (tertiary/aromatic N) is 7. The number of piperazine rings is 1. The first kappa shape index (κ1) is 53.6. The summed E-state index contributed by atoms with van der Waals surface area (Å²) in [7, 11) is 1.86. The molecular formula is C61H65N9O7. The number of carbonyl (C=O) groups excluding carboxylic acids is 5. The van der Waals surface area contributed by atoms with Crippen molar-refractivity contribution in [2.45, 2.75) is 77.5 Å². The number of benzene rings is 4. The number of para-hydroxylation sites is 1. The van der Waals surface area contributed by atoms with E-state index >= 15 is 0 Å². The highest BCUT2D eigenvalue weighted by Gasteiger charge is 2.44. The molecule has 4 amide bonds. The first-order valence-corrected chi connectivity index (χ1v) is 26.4. The summed E-state index contributed by atoms with van der Waals surface area (Å²) in [5, 5.41) is 4.26. The normalized spacial score (nSPS) is 15.2. The summed E-state index contributed by atoms with van der Waals surface area (Å²) in [6.07, 6.45) is 8.93. The number of hydrogen-bond acceptors (Lipinski definition) is 13. The molecule has 0 spiro atoms. The molecule has 6 aromatic rings. The summed E-state index contributed by atoms with van der Waals surface area (Å²) >= 11 is 0. The minimum absolute atomic E-state index is 0.0304. The summed E-state index contributed by atoms with van der Waals surface area (Å²) in [4.78, 5) is 87.4. The molecule has 3 aliphatic rings. The SMILES string of the molecule is CNc1nc(-c2cnc3ccccc3c2)nc2c1CCN(C(=O)c1ccc(/C=C/c3ccc(C#CCN4CCN(CCCCCOc5cccc6c5C(=O)N(C(CCC(=O)OC(C)(C)C)C(N)=O)C6=O)CC4)cc3)cc1)C2. The van der Waals surface area contributed by atoms with E-state index in [1.807, 2.05) is 78.7 Å². The molecule has 5 heterocycles. The molecule has 0 aliphatic carbocycles. The Kier molecular flexibility index (Phi) is 16.8. The van der Waals surface area contributed by atoms with Gasteiger partial charge in [-0.2, -0.15) is 0 Å². The predicted octanol–water partition coefficient (Wildman–Crippen LogP) is 7.89. The zero-order valence-corrected chi connectivity index (χ0v) is 44.2. The second kappa shape index (κ2) is 24.2. The van der Waals surface area contributed by atoms with Crippen LogP contribution in [0.2, 0.25) is 0 Å². The van der Waals surface area contributed by atoms with E-state index in [1.54, 1.807) is 39.1 Å². The Balaban J connectivity index is 0.672. The van der Waals surface area contributed by atoms with Gasteiger partial charge in [0.2, 0.25) is 5.91 Å². The number of aromatic nitrogens is 3. The van der Waals surface area contributed by atoms with Crippen LogP contribution in [0.25, 0.3) is 34.4 Å². The molecule has 9 rings (SSSR count). The zero-order valence-electron chi connectivity index (χ0n) is 44.2. The molecule has 1 unspecified atom stereocenters. The lowest BCUT2D eigenvalue weighted by Gasteiger charge is -2.33. The predicted molar refractivity (Wildman–Crippen MR) is 297 cm³/mol. The summed E-state index contributed by atoms with van der Waals surface area (Å²) in [5.74, 6) is 5.55. The van der Waals surface area contributed by atoms with Gasteiger partial charge in [0.1, 0.15) is 23.2 Å². The van der Waals surface area contributed by atoms with Crippen molar-refractivity contribution in [2.24, 2.45) is 5.73 Å². The lowest BCUT2D eigenvalue weighted by molar-refractivity contribution is -0.155. The smallest absolute Gasteiger partial charge is 0.306 e. The van der Waals surface area contributed by atoms with Crippen LogP contribution in [0.4, 0.5) is 5.82 Å². The van der Waals surface area contributed by atoms with E-state index in [9.17, 15) is 24.0 Å². The number of carbonyl (C=O) groups is 5. The fourth-order valence-electron chi connectivity index (χ4n) is 9.86. The maximum atomic E-state index is 13.8. The van der Waals surface area contributed by atoms with Gasteiger partial charge in [-0.05, 0) is 119 Å². The van der Waals surface area contributed by atoms with Gasteiger partial charge in [0.05, 0.1) is 42.0 Å². The van der Waals surface area contributed by atoms with Gasteiger partial charge in [-0.1, -0.05) is 72.5 Å². The van der Waals surface area contributed by atoms with Gasteiger partial charge in [0, 0.05) is 80.0 Å². The Hall–Kier alpha value is -8.26. The van der Waals surface area contributed by atoms with Crippen LogP contribution >= 0.6 is 0 Å². The molecule has 0 saturated carbocycles. The number of imide groups is 1. The van der Waals surface area contributed by atoms with Crippen molar-refractivity contribution < 1.29 is 33.4 Å². The third-order valence-electron chi connectivity index (χ3n) is 13.9. The van der Waals surface area contributed by atoms with E-state index in [0.717, 1.165) is 107 Å². The number of nitrogens with one attached hydrogen (secondary N) is 1. The molecule has 77 heavy (non-hydrogen) atoms. The Labute approximate surface area is 449 Å². The van der Waals surface area contributed by atoms with E-state index in [1.165, 1.54) is 6.07 Å². The molecule has 0 radical (unpaired) electrons. The van der Waals surface area contributed by atoms with Crippen molar-refractivity contribution in [3.05, 3.63) is 148 Å². The quantitative estimate of drug-likeness (QED) is 0.0278. The second-order valence-electron chi connectivity index (χ2n) is 20.6. The maximum Gasteiger partial charge on any atom is 0.306 e. The van der Waals surface area contributed by atoms with Gasteiger partial charge in [-0.25, -0.2) is 9.97 Å². The molecular weight excluding hydrogens is 971 g/mol.